The van der Waals surface area contributed by atoms with E-state index in [1.54, 1.807) is 24.0 Å². The summed E-state index contributed by atoms with van der Waals surface area (Å²) in [6.45, 7) is 0. The highest BCUT2D eigenvalue weighted by molar-refractivity contribution is 7.99. The molecule has 4 heteroatoms. The molecule has 0 spiro atoms. The van der Waals surface area contributed by atoms with Crippen LogP contribution in [0.15, 0.2) is 23.2 Å². The van der Waals surface area contributed by atoms with E-state index in [-0.39, 0.29) is 0 Å². The maximum absolute atomic E-state index is 8.51. The van der Waals surface area contributed by atoms with Crippen molar-refractivity contribution in [3.8, 4) is 6.07 Å². The molecule has 2 nitrogen and oxygen atoms in total. The summed E-state index contributed by atoms with van der Waals surface area (Å²) in [6, 6.07) is 5.61. The zero-order valence-corrected chi connectivity index (χ0v) is 8.61. The van der Waals surface area contributed by atoms with Gasteiger partial charge in [-0.3, -0.25) is 0 Å². The number of nitrogens with zero attached hydrogens (tertiary/aromatic N) is 2. The molecule has 0 unspecified atom stereocenters. The molecule has 0 radical (unpaired) electrons. The zero-order chi connectivity index (χ0) is 9.52. The van der Waals surface area contributed by atoms with Crippen LogP contribution in [0.2, 0.25) is 0 Å². The Bertz CT molecular complexity index is 291. The average Bonchev–Trinajstić information content (AvgIpc) is 2.19. The van der Waals surface area contributed by atoms with Crippen molar-refractivity contribution in [2.24, 2.45) is 0 Å². The number of pyridine rings is 1. The Morgan fingerprint density at radius 3 is 2.92 bits per heavy atom. The van der Waals surface area contributed by atoms with Crippen LogP contribution in [0.3, 0.4) is 0 Å². The topological polar surface area (TPSA) is 36.7 Å². The monoisotopic (exact) mass is 212 g/mol. The molecule has 1 heterocycles. The molecule has 0 N–H and O–H groups in total. The molecule has 0 aromatic carbocycles. The molecule has 0 aliphatic heterocycles. The predicted octanol–water partition coefficient (Wildman–Crippen LogP) is 2.67. The summed E-state index contributed by atoms with van der Waals surface area (Å²) in [5.74, 6) is 1.69. The molecule has 0 aliphatic carbocycles. The van der Waals surface area contributed by atoms with E-state index in [0.717, 1.165) is 17.1 Å². The molecule has 1 rings (SSSR count). The first kappa shape index (κ1) is 10.4. The molecular formula is C9H9ClN2S. The minimum absolute atomic E-state index is 0.460. The van der Waals surface area contributed by atoms with Crippen molar-refractivity contribution in [3.05, 3.63) is 24.0 Å². The Morgan fingerprint density at radius 1 is 1.54 bits per heavy atom. The molecule has 0 amide bonds. The molecule has 0 atom stereocenters. The minimum Gasteiger partial charge on any atom is -0.244 e. The van der Waals surface area contributed by atoms with E-state index >= 15 is 0 Å². The fourth-order valence-electron chi connectivity index (χ4n) is 0.776. The molecule has 1 aromatic heterocycles. The normalized spacial score (nSPS) is 9.54. The summed E-state index contributed by atoms with van der Waals surface area (Å²) in [5, 5.41) is 8.51. The Morgan fingerprint density at radius 2 is 2.38 bits per heavy atom. The van der Waals surface area contributed by atoms with Gasteiger partial charge < -0.3 is 0 Å². The van der Waals surface area contributed by atoms with Crippen LogP contribution in [0.5, 0.6) is 0 Å². The van der Waals surface area contributed by atoms with E-state index in [2.05, 4.69) is 4.98 Å². The van der Waals surface area contributed by atoms with Crippen molar-refractivity contribution in [2.45, 2.75) is 11.3 Å². The summed E-state index contributed by atoms with van der Waals surface area (Å²) >= 11 is 7.25. The van der Waals surface area contributed by atoms with Crippen molar-refractivity contribution in [3.63, 3.8) is 0 Å². The number of nitriles is 1. The van der Waals surface area contributed by atoms with Crippen LogP contribution in [0, 0.1) is 11.3 Å². The number of hydrogen-bond donors (Lipinski definition) is 0. The average molecular weight is 213 g/mol. The van der Waals surface area contributed by atoms with Crippen molar-refractivity contribution >= 4 is 23.4 Å². The summed E-state index contributed by atoms with van der Waals surface area (Å²) < 4.78 is 0. The highest BCUT2D eigenvalue weighted by atomic mass is 35.5. The SMILES string of the molecule is N#Cc1ccc(SCCCCl)cn1. The van der Waals surface area contributed by atoms with E-state index in [4.69, 9.17) is 16.9 Å². The lowest BCUT2D eigenvalue weighted by atomic mass is 10.4. The Hall–Kier alpha value is -0.720. The number of aromatic nitrogens is 1. The van der Waals surface area contributed by atoms with Gasteiger partial charge in [-0.1, -0.05) is 0 Å². The maximum Gasteiger partial charge on any atom is 0.140 e. The fourth-order valence-corrected chi connectivity index (χ4v) is 1.88. The van der Waals surface area contributed by atoms with Crippen LogP contribution >= 0.6 is 23.4 Å². The molecule has 1 aromatic rings. The second kappa shape index (κ2) is 5.85. The Labute approximate surface area is 86.9 Å². The molecule has 0 bridgehead atoms. The lowest BCUT2D eigenvalue weighted by Gasteiger charge is -1.98. The minimum atomic E-state index is 0.460. The van der Waals surface area contributed by atoms with E-state index in [1.807, 2.05) is 12.1 Å². The molecule has 0 aliphatic rings. The molecular weight excluding hydrogens is 204 g/mol. The highest BCUT2D eigenvalue weighted by Gasteiger charge is 1.95. The fraction of sp³-hybridized carbons (Fsp3) is 0.333. The van der Waals surface area contributed by atoms with Gasteiger partial charge in [-0.05, 0) is 24.3 Å². The van der Waals surface area contributed by atoms with Crippen molar-refractivity contribution in [2.75, 3.05) is 11.6 Å². The Balaban J connectivity index is 2.46. The third-order valence-electron chi connectivity index (χ3n) is 1.40. The lowest BCUT2D eigenvalue weighted by molar-refractivity contribution is 1.11. The van der Waals surface area contributed by atoms with Crippen molar-refractivity contribution < 1.29 is 0 Å². The second-order valence-corrected chi connectivity index (χ2v) is 3.93. The summed E-state index contributed by atoms with van der Waals surface area (Å²) in [5.41, 5.74) is 0.460. The van der Waals surface area contributed by atoms with Gasteiger partial charge in [0.05, 0.1) is 0 Å². The first-order valence-electron chi connectivity index (χ1n) is 3.91. The van der Waals surface area contributed by atoms with E-state index < -0.39 is 0 Å². The third-order valence-corrected chi connectivity index (χ3v) is 2.73. The number of thioether (sulfide) groups is 1. The standard InChI is InChI=1S/C9H9ClN2S/c10-4-1-5-13-9-3-2-8(6-11)12-7-9/h2-3,7H,1,4-5H2. The van der Waals surface area contributed by atoms with Gasteiger partial charge in [0.1, 0.15) is 11.8 Å². The van der Waals surface area contributed by atoms with Gasteiger partial charge in [0.15, 0.2) is 0 Å². The van der Waals surface area contributed by atoms with Crippen LogP contribution in [0.25, 0.3) is 0 Å². The molecule has 0 fully saturated rings. The van der Waals surface area contributed by atoms with Gasteiger partial charge >= 0.3 is 0 Å². The van der Waals surface area contributed by atoms with Gasteiger partial charge in [0.25, 0.3) is 0 Å². The van der Waals surface area contributed by atoms with E-state index in [0.29, 0.717) is 11.6 Å². The first-order chi connectivity index (χ1) is 6.36. The van der Waals surface area contributed by atoms with Gasteiger partial charge in [-0.2, -0.15) is 5.26 Å². The number of rotatable bonds is 4. The quantitative estimate of drug-likeness (QED) is 0.438. The lowest BCUT2D eigenvalue weighted by Crippen LogP contribution is -1.84. The van der Waals surface area contributed by atoms with Gasteiger partial charge in [0, 0.05) is 17.0 Å². The highest BCUT2D eigenvalue weighted by Crippen LogP contribution is 2.17. The van der Waals surface area contributed by atoms with E-state index in [1.165, 1.54) is 0 Å². The van der Waals surface area contributed by atoms with Crippen molar-refractivity contribution in [1.82, 2.24) is 4.98 Å². The summed E-state index contributed by atoms with van der Waals surface area (Å²) in [7, 11) is 0. The van der Waals surface area contributed by atoms with Crippen LogP contribution in [0.1, 0.15) is 12.1 Å². The van der Waals surface area contributed by atoms with Crippen molar-refractivity contribution in [1.29, 1.82) is 5.26 Å². The largest absolute Gasteiger partial charge is 0.244 e. The van der Waals surface area contributed by atoms with Crippen LogP contribution in [-0.2, 0) is 0 Å². The summed E-state index contributed by atoms with van der Waals surface area (Å²) in [6.07, 6.45) is 2.71. The summed E-state index contributed by atoms with van der Waals surface area (Å²) in [4.78, 5) is 5.05. The predicted molar refractivity (Wildman–Crippen MR) is 55.0 cm³/mol. The van der Waals surface area contributed by atoms with Gasteiger partial charge in [0.2, 0.25) is 0 Å². The Kier molecular flexibility index (Phi) is 4.66. The molecule has 0 saturated heterocycles. The maximum atomic E-state index is 8.51. The molecule has 13 heavy (non-hydrogen) atoms. The third kappa shape index (κ3) is 3.67. The number of alkyl halides is 1. The number of halogens is 1. The van der Waals surface area contributed by atoms with Crippen LogP contribution in [0.4, 0.5) is 0 Å². The van der Waals surface area contributed by atoms with E-state index in [9.17, 15) is 0 Å². The van der Waals surface area contributed by atoms with Gasteiger partial charge in [-0.25, -0.2) is 4.98 Å². The second-order valence-electron chi connectivity index (χ2n) is 2.38. The first-order valence-corrected chi connectivity index (χ1v) is 5.43. The molecule has 0 saturated carbocycles. The smallest absolute Gasteiger partial charge is 0.140 e. The number of hydrogen-bond acceptors (Lipinski definition) is 3. The van der Waals surface area contributed by atoms with Gasteiger partial charge in [-0.15, -0.1) is 23.4 Å². The van der Waals surface area contributed by atoms with Crippen LogP contribution < -0.4 is 0 Å². The molecule has 68 valence electrons. The van der Waals surface area contributed by atoms with Crippen LogP contribution in [-0.4, -0.2) is 16.6 Å². The zero-order valence-electron chi connectivity index (χ0n) is 7.03.